The van der Waals surface area contributed by atoms with Crippen LogP contribution >= 0.6 is 0 Å². The summed E-state index contributed by atoms with van der Waals surface area (Å²) in [5, 5.41) is 3.52. The number of hydrogen-bond acceptors (Lipinski definition) is 3. The van der Waals surface area contributed by atoms with E-state index in [1.54, 1.807) is 0 Å². The van der Waals surface area contributed by atoms with Crippen LogP contribution in [0.3, 0.4) is 0 Å². The number of aryl methyl sites for hydroxylation is 2. The van der Waals surface area contributed by atoms with Crippen LogP contribution in [-0.2, 0) is 9.47 Å². The normalized spacial score (nSPS) is 18.2. The van der Waals surface area contributed by atoms with Crippen molar-refractivity contribution in [3.8, 4) is 0 Å². The lowest BCUT2D eigenvalue weighted by atomic mass is 9.99. The Bertz CT molecular complexity index is 366. The molecule has 1 saturated heterocycles. The van der Waals surface area contributed by atoms with Crippen LogP contribution in [0.25, 0.3) is 0 Å². The van der Waals surface area contributed by atoms with Crippen molar-refractivity contribution >= 4 is 0 Å². The third-order valence-corrected chi connectivity index (χ3v) is 3.22. The molecule has 1 N–H and O–H groups in total. The molecule has 0 spiro atoms. The van der Waals surface area contributed by atoms with Gasteiger partial charge in [0.25, 0.3) is 0 Å². The predicted molar refractivity (Wildman–Crippen MR) is 72.6 cm³/mol. The zero-order valence-electron chi connectivity index (χ0n) is 11.5. The zero-order chi connectivity index (χ0) is 13.0. The summed E-state index contributed by atoms with van der Waals surface area (Å²) in [4.78, 5) is 0. The van der Waals surface area contributed by atoms with Gasteiger partial charge in [-0.05, 0) is 26.0 Å². The maximum absolute atomic E-state index is 5.55. The van der Waals surface area contributed by atoms with E-state index in [9.17, 15) is 0 Å². The van der Waals surface area contributed by atoms with E-state index >= 15 is 0 Å². The van der Waals surface area contributed by atoms with Gasteiger partial charge >= 0.3 is 0 Å². The van der Waals surface area contributed by atoms with Gasteiger partial charge in [-0.3, -0.25) is 0 Å². The van der Waals surface area contributed by atoms with Crippen molar-refractivity contribution in [2.24, 2.45) is 0 Å². The lowest BCUT2D eigenvalue weighted by Gasteiger charge is -2.22. The molecule has 0 amide bonds. The summed E-state index contributed by atoms with van der Waals surface area (Å²) in [7, 11) is 0. The van der Waals surface area contributed by atoms with Gasteiger partial charge in [0.1, 0.15) is 0 Å². The monoisotopic (exact) mass is 249 g/mol. The van der Waals surface area contributed by atoms with Crippen LogP contribution in [0.1, 0.15) is 36.1 Å². The number of benzene rings is 1. The highest BCUT2D eigenvalue weighted by atomic mass is 16.7. The zero-order valence-corrected chi connectivity index (χ0v) is 11.5. The number of hydrogen-bond donors (Lipinski definition) is 1. The van der Waals surface area contributed by atoms with Gasteiger partial charge < -0.3 is 14.8 Å². The summed E-state index contributed by atoms with van der Waals surface area (Å²) in [5.74, 6) is 0. The Kier molecular flexibility index (Phi) is 4.75. The molecule has 1 unspecified atom stereocenters. The van der Waals surface area contributed by atoms with Crippen LogP contribution in [0.15, 0.2) is 18.2 Å². The SMILES string of the molecule is CCNC(CC1OCCO1)c1cc(C)cc(C)c1. The molecule has 0 saturated carbocycles. The van der Waals surface area contributed by atoms with Crippen LogP contribution in [0.2, 0.25) is 0 Å². The van der Waals surface area contributed by atoms with Gasteiger partial charge in [0.15, 0.2) is 6.29 Å². The minimum absolute atomic E-state index is 0.0603. The van der Waals surface area contributed by atoms with Gasteiger partial charge in [-0.1, -0.05) is 36.2 Å². The second kappa shape index (κ2) is 6.32. The number of nitrogens with one attached hydrogen (secondary N) is 1. The van der Waals surface area contributed by atoms with E-state index < -0.39 is 0 Å². The lowest BCUT2D eigenvalue weighted by molar-refractivity contribution is -0.0529. The first-order valence-electron chi connectivity index (χ1n) is 6.74. The van der Waals surface area contributed by atoms with Crippen molar-refractivity contribution in [1.82, 2.24) is 5.32 Å². The van der Waals surface area contributed by atoms with Crippen molar-refractivity contribution in [1.29, 1.82) is 0 Å². The summed E-state index contributed by atoms with van der Waals surface area (Å²) in [6.07, 6.45) is 0.811. The fourth-order valence-corrected chi connectivity index (χ4v) is 2.53. The number of rotatable bonds is 5. The minimum Gasteiger partial charge on any atom is -0.350 e. The summed E-state index contributed by atoms with van der Waals surface area (Å²) in [6, 6.07) is 7.00. The van der Waals surface area contributed by atoms with Crippen LogP contribution in [0, 0.1) is 13.8 Å². The third kappa shape index (κ3) is 3.55. The third-order valence-electron chi connectivity index (χ3n) is 3.22. The van der Waals surface area contributed by atoms with Crippen molar-refractivity contribution < 1.29 is 9.47 Å². The largest absolute Gasteiger partial charge is 0.350 e. The van der Waals surface area contributed by atoms with Gasteiger partial charge in [0.2, 0.25) is 0 Å². The standard InChI is InChI=1S/C15H23NO2/c1-4-16-14(10-15-17-5-6-18-15)13-8-11(2)7-12(3)9-13/h7-9,14-16H,4-6,10H2,1-3H3. The average Bonchev–Trinajstić information content (AvgIpc) is 2.80. The molecule has 1 heterocycles. The van der Waals surface area contributed by atoms with E-state index in [2.05, 4.69) is 44.3 Å². The van der Waals surface area contributed by atoms with Gasteiger partial charge in [0.05, 0.1) is 13.2 Å². The molecular weight excluding hydrogens is 226 g/mol. The fraction of sp³-hybridized carbons (Fsp3) is 0.600. The van der Waals surface area contributed by atoms with E-state index in [-0.39, 0.29) is 6.29 Å². The molecule has 1 aromatic rings. The Balaban J connectivity index is 2.11. The smallest absolute Gasteiger partial charge is 0.159 e. The van der Waals surface area contributed by atoms with Crippen molar-refractivity contribution in [2.75, 3.05) is 19.8 Å². The molecular formula is C15H23NO2. The van der Waals surface area contributed by atoms with Crippen LogP contribution < -0.4 is 5.32 Å². The van der Waals surface area contributed by atoms with E-state index in [1.165, 1.54) is 16.7 Å². The Labute approximate surface area is 109 Å². The van der Waals surface area contributed by atoms with Crippen LogP contribution in [0.4, 0.5) is 0 Å². The molecule has 100 valence electrons. The first-order valence-corrected chi connectivity index (χ1v) is 6.74. The summed E-state index contributed by atoms with van der Waals surface area (Å²) in [6.45, 7) is 8.80. The minimum atomic E-state index is -0.0603. The molecule has 18 heavy (non-hydrogen) atoms. The molecule has 1 aliphatic heterocycles. The molecule has 0 radical (unpaired) electrons. The molecule has 1 atom stereocenters. The van der Waals surface area contributed by atoms with Crippen molar-refractivity contribution in [3.63, 3.8) is 0 Å². The van der Waals surface area contributed by atoms with Gasteiger partial charge in [-0.15, -0.1) is 0 Å². The van der Waals surface area contributed by atoms with Gasteiger partial charge in [-0.25, -0.2) is 0 Å². The predicted octanol–water partition coefficient (Wildman–Crippen LogP) is 2.72. The van der Waals surface area contributed by atoms with E-state index in [4.69, 9.17) is 9.47 Å². The molecule has 3 nitrogen and oxygen atoms in total. The lowest BCUT2D eigenvalue weighted by Crippen LogP contribution is -2.26. The number of ether oxygens (including phenoxy) is 2. The molecule has 0 aliphatic carbocycles. The van der Waals surface area contributed by atoms with Gasteiger partial charge in [0, 0.05) is 12.5 Å². The maximum atomic E-state index is 5.55. The molecule has 0 aromatic heterocycles. The highest BCUT2D eigenvalue weighted by Gasteiger charge is 2.22. The highest BCUT2D eigenvalue weighted by Crippen LogP contribution is 2.24. The molecule has 2 rings (SSSR count). The Morgan fingerprint density at radius 2 is 1.78 bits per heavy atom. The highest BCUT2D eigenvalue weighted by molar-refractivity contribution is 5.30. The van der Waals surface area contributed by atoms with E-state index in [1.807, 2.05) is 0 Å². The van der Waals surface area contributed by atoms with Crippen LogP contribution in [0.5, 0.6) is 0 Å². The molecule has 0 bridgehead atoms. The Morgan fingerprint density at radius 1 is 1.17 bits per heavy atom. The van der Waals surface area contributed by atoms with Crippen LogP contribution in [-0.4, -0.2) is 26.0 Å². The summed E-state index contributed by atoms with van der Waals surface area (Å²) in [5.41, 5.74) is 3.94. The quantitative estimate of drug-likeness (QED) is 0.870. The molecule has 1 fully saturated rings. The topological polar surface area (TPSA) is 30.5 Å². The van der Waals surface area contributed by atoms with E-state index in [0.29, 0.717) is 6.04 Å². The first-order chi connectivity index (χ1) is 8.69. The Morgan fingerprint density at radius 3 is 2.33 bits per heavy atom. The summed E-state index contributed by atoms with van der Waals surface area (Å²) >= 11 is 0. The first kappa shape index (κ1) is 13.5. The molecule has 1 aromatic carbocycles. The van der Waals surface area contributed by atoms with Crippen molar-refractivity contribution in [3.05, 3.63) is 34.9 Å². The van der Waals surface area contributed by atoms with Gasteiger partial charge in [-0.2, -0.15) is 0 Å². The second-order valence-electron chi connectivity index (χ2n) is 4.94. The molecule has 1 aliphatic rings. The fourth-order valence-electron chi connectivity index (χ4n) is 2.53. The Hall–Kier alpha value is -0.900. The maximum Gasteiger partial charge on any atom is 0.159 e. The van der Waals surface area contributed by atoms with Crippen molar-refractivity contribution in [2.45, 2.75) is 39.5 Å². The summed E-state index contributed by atoms with van der Waals surface area (Å²) < 4.78 is 11.1. The van der Waals surface area contributed by atoms with E-state index in [0.717, 1.165) is 26.2 Å². The molecule has 3 heteroatoms. The average molecular weight is 249 g/mol. The second-order valence-corrected chi connectivity index (χ2v) is 4.94.